The Morgan fingerprint density at radius 1 is 1.54 bits per heavy atom. The van der Waals surface area contributed by atoms with Crippen molar-refractivity contribution >= 4 is 9.73 Å². The minimum atomic E-state index is -2.51. The van der Waals surface area contributed by atoms with Gasteiger partial charge in [0.1, 0.15) is 0 Å². The Bertz CT molecular complexity index is 381. The van der Waals surface area contributed by atoms with Crippen molar-refractivity contribution < 1.29 is 4.21 Å². The molecule has 2 unspecified atom stereocenters. The van der Waals surface area contributed by atoms with Gasteiger partial charge in [0.05, 0.1) is 5.25 Å². The molecule has 0 bridgehead atoms. The number of aromatic nitrogens is 1. The van der Waals surface area contributed by atoms with E-state index in [4.69, 9.17) is 4.78 Å². The van der Waals surface area contributed by atoms with E-state index in [1.165, 1.54) is 6.26 Å². The van der Waals surface area contributed by atoms with E-state index in [-0.39, 0.29) is 5.25 Å². The molecule has 0 aliphatic rings. The minimum Gasteiger partial charge on any atom is -0.261 e. The number of hydrogen-bond donors (Lipinski definition) is 1. The lowest BCUT2D eigenvalue weighted by molar-refractivity contribution is 0.671. The number of rotatable bonds is 2. The molecule has 0 fully saturated rings. The van der Waals surface area contributed by atoms with Crippen molar-refractivity contribution in [1.29, 1.82) is 4.78 Å². The van der Waals surface area contributed by atoms with E-state index < -0.39 is 9.73 Å². The summed E-state index contributed by atoms with van der Waals surface area (Å²) in [5, 5.41) is -0.249. The molecule has 1 rings (SSSR count). The summed E-state index contributed by atoms with van der Waals surface area (Å²) in [6.45, 7) is 3.69. The van der Waals surface area contributed by atoms with Crippen molar-refractivity contribution in [2.24, 2.45) is 0 Å². The average Bonchev–Trinajstić information content (AvgIpc) is 2.03. The second-order valence-electron chi connectivity index (χ2n) is 3.28. The Morgan fingerprint density at radius 3 is 2.54 bits per heavy atom. The maximum Gasteiger partial charge on any atom is 0.0661 e. The molecular formula is C9H14N2OS. The summed E-state index contributed by atoms with van der Waals surface area (Å²) in [6.07, 6.45) is 3.15. The largest absolute Gasteiger partial charge is 0.261 e. The highest BCUT2D eigenvalue weighted by Crippen LogP contribution is 2.20. The lowest BCUT2D eigenvalue weighted by Crippen LogP contribution is -2.06. The lowest BCUT2D eigenvalue weighted by Gasteiger charge is -2.11. The highest BCUT2D eigenvalue weighted by atomic mass is 32.2. The number of aryl methyl sites for hydroxylation is 1. The minimum absolute atomic E-state index is 0.249. The molecule has 1 N–H and O–H groups in total. The quantitative estimate of drug-likeness (QED) is 0.791. The summed E-state index contributed by atoms with van der Waals surface area (Å²) in [7, 11) is -2.51. The van der Waals surface area contributed by atoms with Gasteiger partial charge in [0.25, 0.3) is 0 Å². The molecule has 2 atom stereocenters. The molecule has 0 radical (unpaired) electrons. The number of pyridine rings is 1. The van der Waals surface area contributed by atoms with Crippen LogP contribution < -0.4 is 0 Å². The zero-order valence-corrected chi connectivity index (χ0v) is 8.89. The number of hydrogen-bond acceptors (Lipinski definition) is 3. The molecule has 0 amide bonds. The Hall–Kier alpha value is -0.900. The van der Waals surface area contributed by atoms with Gasteiger partial charge in [-0.1, -0.05) is 6.07 Å². The summed E-state index contributed by atoms with van der Waals surface area (Å²) in [5.41, 5.74) is 1.80. The summed E-state index contributed by atoms with van der Waals surface area (Å²) in [5.74, 6) is 0. The van der Waals surface area contributed by atoms with Crippen LogP contribution in [0.15, 0.2) is 18.3 Å². The van der Waals surface area contributed by atoms with Gasteiger partial charge < -0.3 is 0 Å². The first-order valence-corrected chi connectivity index (χ1v) is 6.09. The van der Waals surface area contributed by atoms with Gasteiger partial charge in [-0.15, -0.1) is 0 Å². The van der Waals surface area contributed by atoms with Gasteiger partial charge in [0.15, 0.2) is 0 Å². The normalized spacial score (nSPS) is 17.8. The smallest absolute Gasteiger partial charge is 0.0661 e. The first kappa shape index (κ1) is 10.2. The van der Waals surface area contributed by atoms with Crippen LogP contribution in [0.3, 0.4) is 0 Å². The van der Waals surface area contributed by atoms with Crippen LogP contribution in [0, 0.1) is 11.7 Å². The van der Waals surface area contributed by atoms with Gasteiger partial charge in [-0.25, -0.2) is 4.21 Å². The predicted octanol–water partition coefficient (Wildman–Crippen LogP) is 2.13. The van der Waals surface area contributed by atoms with E-state index in [0.29, 0.717) is 0 Å². The van der Waals surface area contributed by atoms with Gasteiger partial charge in [0, 0.05) is 27.9 Å². The van der Waals surface area contributed by atoms with E-state index in [1.54, 1.807) is 13.1 Å². The second-order valence-corrected chi connectivity index (χ2v) is 5.79. The molecule has 1 heterocycles. The van der Waals surface area contributed by atoms with E-state index in [2.05, 4.69) is 4.98 Å². The molecule has 0 saturated heterocycles. The van der Waals surface area contributed by atoms with Gasteiger partial charge in [-0.05, 0) is 25.5 Å². The predicted molar refractivity (Wildman–Crippen MR) is 54.2 cm³/mol. The van der Waals surface area contributed by atoms with Crippen molar-refractivity contribution in [2.45, 2.75) is 19.1 Å². The van der Waals surface area contributed by atoms with Crippen molar-refractivity contribution in [3.05, 3.63) is 29.6 Å². The monoisotopic (exact) mass is 198 g/mol. The van der Waals surface area contributed by atoms with Crippen molar-refractivity contribution in [3.63, 3.8) is 0 Å². The molecule has 0 aromatic carbocycles. The number of nitrogens with one attached hydrogen (secondary N) is 1. The van der Waals surface area contributed by atoms with Gasteiger partial charge in [-0.3, -0.25) is 9.76 Å². The average molecular weight is 198 g/mol. The highest BCUT2D eigenvalue weighted by molar-refractivity contribution is 7.91. The van der Waals surface area contributed by atoms with Gasteiger partial charge in [-0.2, -0.15) is 0 Å². The maximum atomic E-state index is 11.4. The van der Waals surface area contributed by atoms with Crippen LogP contribution in [0.2, 0.25) is 0 Å². The van der Waals surface area contributed by atoms with Gasteiger partial charge >= 0.3 is 0 Å². The first-order valence-electron chi connectivity index (χ1n) is 4.06. The van der Waals surface area contributed by atoms with Crippen LogP contribution in [0.1, 0.15) is 23.4 Å². The van der Waals surface area contributed by atoms with Gasteiger partial charge in [0.2, 0.25) is 0 Å². The second kappa shape index (κ2) is 3.46. The molecule has 13 heavy (non-hydrogen) atoms. The Morgan fingerprint density at radius 2 is 2.15 bits per heavy atom. The summed E-state index contributed by atoms with van der Waals surface area (Å²) in [4.78, 5) is 4.10. The standard InChI is InChI=1S/C9H14N2OS/c1-7-4-5-9(6-11-7)8(2)13(3,10)12/h4-6,8,10H,1-3H3. The zero-order valence-electron chi connectivity index (χ0n) is 8.07. The summed E-state index contributed by atoms with van der Waals surface area (Å²) >= 11 is 0. The van der Waals surface area contributed by atoms with Crippen LogP contribution in [0.25, 0.3) is 0 Å². The van der Waals surface area contributed by atoms with Crippen molar-refractivity contribution in [2.75, 3.05) is 6.26 Å². The third-order valence-electron chi connectivity index (χ3n) is 2.08. The molecule has 0 aliphatic heterocycles. The van der Waals surface area contributed by atoms with Crippen molar-refractivity contribution in [3.8, 4) is 0 Å². The summed E-state index contributed by atoms with van der Waals surface area (Å²) in [6, 6.07) is 3.75. The van der Waals surface area contributed by atoms with E-state index in [0.717, 1.165) is 11.3 Å². The Balaban J connectivity index is 3.04. The first-order chi connectivity index (χ1) is 5.91. The third-order valence-corrected chi connectivity index (χ3v) is 3.70. The molecule has 0 aliphatic carbocycles. The molecule has 72 valence electrons. The number of nitrogens with zero attached hydrogens (tertiary/aromatic N) is 1. The van der Waals surface area contributed by atoms with Crippen LogP contribution in [0.4, 0.5) is 0 Å². The van der Waals surface area contributed by atoms with E-state index in [9.17, 15) is 4.21 Å². The zero-order chi connectivity index (χ0) is 10.1. The van der Waals surface area contributed by atoms with E-state index >= 15 is 0 Å². The SMILES string of the molecule is Cc1ccc(C(C)S(C)(=N)=O)cn1. The molecular weight excluding hydrogens is 184 g/mol. The Labute approximate surface area is 79.2 Å². The topological polar surface area (TPSA) is 53.8 Å². The van der Waals surface area contributed by atoms with E-state index in [1.807, 2.05) is 19.1 Å². The molecule has 4 heteroatoms. The molecule has 3 nitrogen and oxygen atoms in total. The molecule has 0 spiro atoms. The fraction of sp³-hybridized carbons (Fsp3) is 0.444. The van der Waals surface area contributed by atoms with Crippen LogP contribution in [-0.2, 0) is 9.73 Å². The molecule has 1 aromatic heterocycles. The lowest BCUT2D eigenvalue weighted by atomic mass is 10.2. The fourth-order valence-corrected chi connectivity index (χ4v) is 1.64. The highest BCUT2D eigenvalue weighted by Gasteiger charge is 2.13. The van der Waals surface area contributed by atoms with Crippen molar-refractivity contribution in [1.82, 2.24) is 4.98 Å². The molecule has 1 aromatic rings. The van der Waals surface area contributed by atoms with Crippen LogP contribution >= 0.6 is 0 Å². The van der Waals surface area contributed by atoms with Crippen LogP contribution in [0.5, 0.6) is 0 Å². The third kappa shape index (κ3) is 2.52. The maximum absolute atomic E-state index is 11.4. The van der Waals surface area contributed by atoms with Crippen LogP contribution in [-0.4, -0.2) is 15.4 Å². The summed E-state index contributed by atoms with van der Waals surface area (Å²) < 4.78 is 18.8. The fourth-order valence-electron chi connectivity index (χ4n) is 0.979. The Kier molecular flexibility index (Phi) is 2.71. The molecule has 0 saturated carbocycles.